The van der Waals surface area contributed by atoms with Crippen LogP contribution in [0.5, 0.6) is 0 Å². The first-order valence-electron chi connectivity index (χ1n) is 19.8. The molecule has 0 heterocycles. The Balaban J connectivity index is 4.32. The van der Waals surface area contributed by atoms with Gasteiger partial charge in [-0.3, -0.25) is 13.8 Å². The number of phosphoric acid groups is 1. The molecule has 0 aliphatic rings. The van der Waals surface area contributed by atoms with Gasteiger partial charge >= 0.3 is 13.8 Å². The Morgan fingerprint density at radius 3 is 1.71 bits per heavy atom. The monoisotopic (exact) mass is 740 g/mol. The summed E-state index contributed by atoms with van der Waals surface area (Å²) in [5, 5.41) is 18.3. The van der Waals surface area contributed by atoms with Crippen LogP contribution in [0.1, 0.15) is 149 Å². The van der Waals surface area contributed by atoms with Crippen molar-refractivity contribution in [3.8, 4) is 0 Å². The van der Waals surface area contributed by atoms with Crippen molar-refractivity contribution in [2.45, 2.75) is 161 Å². The van der Waals surface area contributed by atoms with Gasteiger partial charge in [-0.15, -0.1) is 0 Å². The topological polar surface area (TPSA) is 132 Å². The lowest BCUT2D eigenvalue weighted by Gasteiger charge is -2.20. The van der Waals surface area contributed by atoms with E-state index in [1.807, 2.05) is 0 Å². The fraction of sp³-hybridized carbons (Fsp3) is 0.732. The molecule has 0 radical (unpaired) electrons. The lowest BCUT2D eigenvalue weighted by Crippen LogP contribution is -2.29. The molecular weight excluding hydrogens is 667 g/mol. The predicted octanol–water partition coefficient (Wildman–Crippen LogP) is 10.4. The molecule has 3 N–H and O–H groups in total. The number of unbranched alkanes of at least 4 members (excludes halogenated alkanes) is 13. The number of aliphatic hydroxyl groups excluding tert-OH is 2. The summed E-state index contributed by atoms with van der Waals surface area (Å²) < 4.78 is 33.2. The maximum atomic E-state index is 12.6. The number of carbonyl (C=O) groups is 1. The van der Waals surface area contributed by atoms with E-state index in [0.717, 1.165) is 64.2 Å². The van der Waals surface area contributed by atoms with E-state index in [0.29, 0.717) is 13.0 Å². The van der Waals surface area contributed by atoms with Crippen LogP contribution in [-0.4, -0.2) is 66.3 Å². The predicted molar refractivity (Wildman–Crippen MR) is 210 cm³/mol. The molecule has 296 valence electrons. The number of allylic oxidation sites excluding steroid dienone is 10. The van der Waals surface area contributed by atoms with Crippen molar-refractivity contribution in [2.75, 3.05) is 33.0 Å². The normalized spacial score (nSPS) is 14.8. The van der Waals surface area contributed by atoms with Crippen molar-refractivity contribution in [3.63, 3.8) is 0 Å². The molecule has 0 aromatic rings. The van der Waals surface area contributed by atoms with Crippen LogP contribution in [0.25, 0.3) is 0 Å². The van der Waals surface area contributed by atoms with E-state index in [-0.39, 0.29) is 13.0 Å². The molecule has 0 saturated carbocycles. The first-order valence-corrected chi connectivity index (χ1v) is 21.3. The molecule has 0 saturated heterocycles. The number of rotatable bonds is 37. The highest BCUT2D eigenvalue weighted by atomic mass is 31.2. The molecule has 3 atom stereocenters. The second kappa shape index (κ2) is 37.9. The Labute approximate surface area is 310 Å². The van der Waals surface area contributed by atoms with Crippen LogP contribution >= 0.6 is 7.82 Å². The fourth-order valence-corrected chi connectivity index (χ4v) is 5.72. The zero-order chi connectivity index (χ0) is 37.5. The standard InChI is InChI=1S/C41H73O9P/c1-3-5-7-9-11-13-15-17-19-21-23-25-27-29-31-33-41(44)50-40(38-49-51(45,46)48-36-39(43)35-42)37-47-34-32-30-28-26-24-22-20-18-16-14-12-10-8-6-4-2/h5,7,11,13,16-19,23,25,39-40,42-43H,3-4,6,8-10,12,14-15,20-22,24,26-38H2,1-2H3,(H,45,46)/b7-5-,13-11-,18-16-,19-17-,25-23-. The summed E-state index contributed by atoms with van der Waals surface area (Å²) in [5.74, 6) is -0.427. The molecule has 3 unspecified atom stereocenters. The van der Waals surface area contributed by atoms with Crippen molar-refractivity contribution < 1.29 is 43.0 Å². The Kier molecular flexibility index (Phi) is 36.5. The van der Waals surface area contributed by atoms with E-state index in [4.69, 9.17) is 23.6 Å². The zero-order valence-corrected chi connectivity index (χ0v) is 32.9. The molecule has 9 nitrogen and oxygen atoms in total. The first-order chi connectivity index (χ1) is 24.8. The number of hydrogen-bond donors (Lipinski definition) is 3. The van der Waals surface area contributed by atoms with Crippen molar-refractivity contribution >= 4 is 13.8 Å². The summed E-state index contributed by atoms with van der Waals surface area (Å²) in [7, 11) is -4.53. The minimum atomic E-state index is -4.53. The van der Waals surface area contributed by atoms with Crippen LogP contribution in [0.15, 0.2) is 60.8 Å². The third kappa shape index (κ3) is 37.7. The van der Waals surface area contributed by atoms with Crippen LogP contribution in [0.4, 0.5) is 0 Å². The molecule has 0 bridgehead atoms. The summed E-state index contributed by atoms with van der Waals surface area (Å²) in [6, 6.07) is 0. The average molecular weight is 741 g/mol. The van der Waals surface area contributed by atoms with Gasteiger partial charge in [0.25, 0.3) is 0 Å². The van der Waals surface area contributed by atoms with Crippen molar-refractivity contribution in [1.29, 1.82) is 0 Å². The second-order valence-electron chi connectivity index (χ2n) is 12.9. The van der Waals surface area contributed by atoms with E-state index >= 15 is 0 Å². The summed E-state index contributed by atoms with van der Waals surface area (Å²) in [4.78, 5) is 22.5. The highest BCUT2D eigenvalue weighted by Crippen LogP contribution is 2.43. The van der Waals surface area contributed by atoms with Gasteiger partial charge in [0.1, 0.15) is 12.2 Å². The average Bonchev–Trinajstić information content (AvgIpc) is 3.12. The number of esters is 1. The lowest BCUT2D eigenvalue weighted by atomic mass is 10.1. The van der Waals surface area contributed by atoms with Gasteiger partial charge in [0.05, 0.1) is 26.4 Å². The van der Waals surface area contributed by atoms with Crippen molar-refractivity contribution in [3.05, 3.63) is 60.8 Å². The molecule has 0 aliphatic carbocycles. The van der Waals surface area contributed by atoms with Crippen LogP contribution in [0.2, 0.25) is 0 Å². The first kappa shape index (κ1) is 49.2. The molecule has 0 aromatic carbocycles. The van der Waals surface area contributed by atoms with Gasteiger partial charge in [0, 0.05) is 13.0 Å². The third-order valence-electron chi connectivity index (χ3n) is 7.94. The van der Waals surface area contributed by atoms with Crippen molar-refractivity contribution in [1.82, 2.24) is 0 Å². The number of aliphatic hydroxyl groups is 2. The molecule has 0 spiro atoms. The number of hydrogen-bond acceptors (Lipinski definition) is 8. The Bertz CT molecular complexity index is 976. The summed E-state index contributed by atoms with van der Waals surface area (Å²) in [5.41, 5.74) is 0. The summed E-state index contributed by atoms with van der Waals surface area (Å²) >= 11 is 0. The molecule has 0 aliphatic heterocycles. The van der Waals surface area contributed by atoms with Gasteiger partial charge in [-0.05, 0) is 77.0 Å². The Hall–Kier alpha value is -1.84. The Morgan fingerprint density at radius 1 is 0.627 bits per heavy atom. The number of phosphoric ester groups is 1. The maximum Gasteiger partial charge on any atom is 0.472 e. The van der Waals surface area contributed by atoms with Gasteiger partial charge in [0.15, 0.2) is 0 Å². The van der Waals surface area contributed by atoms with Gasteiger partial charge in [-0.2, -0.15) is 0 Å². The van der Waals surface area contributed by atoms with Crippen LogP contribution in [0, 0.1) is 0 Å². The summed E-state index contributed by atoms with van der Waals surface area (Å²) in [6.07, 6.45) is 41.8. The number of ether oxygens (including phenoxy) is 2. The van der Waals surface area contributed by atoms with Crippen LogP contribution in [0.3, 0.4) is 0 Å². The fourth-order valence-electron chi connectivity index (χ4n) is 4.93. The number of carbonyl (C=O) groups excluding carboxylic acids is 1. The molecule has 51 heavy (non-hydrogen) atoms. The maximum absolute atomic E-state index is 12.6. The highest BCUT2D eigenvalue weighted by Gasteiger charge is 2.26. The van der Waals surface area contributed by atoms with Gasteiger partial charge in [0.2, 0.25) is 0 Å². The lowest BCUT2D eigenvalue weighted by molar-refractivity contribution is -0.154. The van der Waals surface area contributed by atoms with E-state index in [1.165, 1.54) is 57.8 Å². The molecule has 0 fully saturated rings. The SMILES string of the molecule is CC/C=C\C/C=C\C/C=C\C/C=C\CCCCC(=O)OC(COCCCCCCCC/C=C\CCCCCCC)COP(=O)(O)OCC(O)CO. The Morgan fingerprint density at radius 2 is 1.12 bits per heavy atom. The molecular formula is C41H73O9P. The highest BCUT2D eigenvalue weighted by molar-refractivity contribution is 7.47. The molecule has 0 aromatic heterocycles. The van der Waals surface area contributed by atoms with E-state index in [1.54, 1.807) is 0 Å². The quantitative estimate of drug-likeness (QED) is 0.0246. The minimum absolute atomic E-state index is 0.0257. The largest absolute Gasteiger partial charge is 0.472 e. The third-order valence-corrected chi connectivity index (χ3v) is 8.89. The zero-order valence-electron chi connectivity index (χ0n) is 32.1. The smallest absolute Gasteiger partial charge is 0.457 e. The van der Waals surface area contributed by atoms with Crippen LogP contribution in [-0.2, 0) is 27.9 Å². The molecule has 0 amide bonds. The second-order valence-corrected chi connectivity index (χ2v) is 14.4. The van der Waals surface area contributed by atoms with Gasteiger partial charge in [-0.1, -0.05) is 126 Å². The summed E-state index contributed by atoms with van der Waals surface area (Å²) in [6.45, 7) is 3.30. The minimum Gasteiger partial charge on any atom is -0.457 e. The van der Waals surface area contributed by atoms with Crippen molar-refractivity contribution in [2.24, 2.45) is 0 Å². The van der Waals surface area contributed by atoms with E-state index in [9.17, 15) is 19.4 Å². The van der Waals surface area contributed by atoms with Gasteiger partial charge in [-0.25, -0.2) is 4.57 Å². The van der Waals surface area contributed by atoms with Gasteiger partial charge < -0.3 is 24.6 Å². The molecule has 0 rings (SSSR count). The van der Waals surface area contributed by atoms with E-state index < -0.39 is 45.8 Å². The molecule has 10 heteroatoms. The van der Waals surface area contributed by atoms with Crippen LogP contribution < -0.4 is 0 Å². The van der Waals surface area contributed by atoms with E-state index in [2.05, 4.69) is 74.6 Å².